The molecule has 0 saturated carbocycles. The van der Waals surface area contributed by atoms with Crippen LogP contribution in [0.1, 0.15) is 28.6 Å². The molecule has 6 nitrogen and oxygen atoms in total. The standard InChI is InChI=1S/C14H16N2O4/c1-16-8-2-4-10(14(16)19)13(18)15-7-6-11(17)12-5-3-9-20-12/h2-5,8-9,11,17H,6-7H2,1H3,(H,15,18)/t11-/m1/s1. The fourth-order valence-corrected chi connectivity index (χ4v) is 1.81. The smallest absolute Gasteiger partial charge is 0.263 e. The average Bonchev–Trinajstić information content (AvgIpc) is 2.95. The number of nitrogens with one attached hydrogen (secondary N) is 1. The summed E-state index contributed by atoms with van der Waals surface area (Å²) in [6.45, 7) is 0.249. The van der Waals surface area contributed by atoms with Crippen molar-refractivity contribution in [2.75, 3.05) is 6.54 Å². The number of aromatic nitrogens is 1. The van der Waals surface area contributed by atoms with Crippen molar-refractivity contribution in [1.29, 1.82) is 0 Å². The Morgan fingerprint density at radius 3 is 2.95 bits per heavy atom. The summed E-state index contributed by atoms with van der Waals surface area (Å²) in [4.78, 5) is 23.6. The van der Waals surface area contributed by atoms with Gasteiger partial charge in [-0.3, -0.25) is 9.59 Å². The van der Waals surface area contributed by atoms with Crippen LogP contribution in [0.5, 0.6) is 0 Å². The maximum atomic E-state index is 11.9. The van der Waals surface area contributed by atoms with Crippen molar-refractivity contribution in [3.8, 4) is 0 Å². The molecule has 0 aliphatic rings. The zero-order valence-corrected chi connectivity index (χ0v) is 11.1. The predicted octanol–water partition coefficient (Wildman–Crippen LogP) is 0.832. The summed E-state index contributed by atoms with van der Waals surface area (Å²) in [5.41, 5.74) is -0.265. The number of nitrogens with zero attached hydrogens (tertiary/aromatic N) is 1. The molecule has 6 heteroatoms. The van der Waals surface area contributed by atoms with Gasteiger partial charge in [-0.05, 0) is 30.7 Å². The largest absolute Gasteiger partial charge is 0.467 e. The highest BCUT2D eigenvalue weighted by Crippen LogP contribution is 2.15. The molecule has 0 bridgehead atoms. The van der Waals surface area contributed by atoms with E-state index in [0.717, 1.165) is 0 Å². The molecule has 0 aliphatic carbocycles. The Hall–Kier alpha value is -2.34. The SMILES string of the molecule is Cn1cccc(C(=O)NCC[C@@H](O)c2ccco2)c1=O. The summed E-state index contributed by atoms with van der Waals surface area (Å²) in [6.07, 6.45) is 2.60. The van der Waals surface area contributed by atoms with Crippen LogP contribution in [0.3, 0.4) is 0 Å². The second-order valence-corrected chi connectivity index (χ2v) is 4.41. The lowest BCUT2D eigenvalue weighted by molar-refractivity contribution is 0.0934. The number of amides is 1. The molecule has 0 fully saturated rings. The van der Waals surface area contributed by atoms with Crippen molar-refractivity contribution in [2.24, 2.45) is 7.05 Å². The quantitative estimate of drug-likeness (QED) is 0.847. The number of furan rings is 1. The topological polar surface area (TPSA) is 84.5 Å². The highest BCUT2D eigenvalue weighted by atomic mass is 16.4. The lowest BCUT2D eigenvalue weighted by Gasteiger charge is -2.09. The van der Waals surface area contributed by atoms with E-state index in [9.17, 15) is 14.7 Å². The summed E-state index contributed by atoms with van der Waals surface area (Å²) < 4.78 is 6.40. The van der Waals surface area contributed by atoms with E-state index in [1.165, 1.54) is 16.9 Å². The predicted molar refractivity (Wildman–Crippen MR) is 72.3 cm³/mol. The Kier molecular flexibility index (Phi) is 4.37. The third kappa shape index (κ3) is 3.16. The van der Waals surface area contributed by atoms with Gasteiger partial charge in [-0.2, -0.15) is 0 Å². The number of hydrogen-bond donors (Lipinski definition) is 2. The first kappa shape index (κ1) is 14.1. The van der Waals surface area contributed by atoms with Gasteiger partial charge < -0.3 is 19.4 Å². The molecule has 20 heavy (non-hydrogen) atoms. The van der Waals surface area contributed by atoms with Crippen LogP contribution in [-0.2, 0) is 7.05 Å². The Morgan fingerprint density at radius 1 is 1.45 bits per heavy atom. The number of rotatable bonds is 5. The summed E-state index contributed by atoms with van der Waals surface area (Å²) in [7, 11) is 1.58. The summed E-state index contributed by atoms with van der Waals surface area (Å²) >= 11 is 0. The van der Waals surface area contributed by atoms with Gasteiger partial charge in [0.25, 0.3) is 11.5 Å². The zero-order chi connectivity index (χ0) is 14.5. The first-order valence-corrected chi connectivity index (χ1v) is 6.25. The number of aryl methyl sites for hydroxylation is 1. The number of pyridine rings is 1. The molecule has 106 valence electrons. The van der Waals surface area contributed by atoms with E-state index in [2.05, 4.69) is 5.32 Å². The van der Waals surface area contributed by atoms with Crippen LogP contribution in [0.15, 0.2) is 45.9 Å². The number of aliphatic hydroxyl groups excluding tert-OH is 1. The first-order valence-electron chi connectivity index (χ1n) is 6.25. The van der Waals surface area contributed by atoms with Gasteiger partial charge in [-0.25, -0.2) is 0 Å². The van der Waals surface area contributed by atoms with E-state index >= 15 is 0 Å². The fourth-order valence-electron chi connectivity index (χ4n) is 1.81. The summed E-state index contributed by atoms with van der Waals surface area (Å²) in [6, 6.07) is 6.46. The monoisotopic (exact) mass is 276 g/mol. The van der Waals surface area contributed by atoms with E-state index in [1.54, 1.807) is 31.4 Å². The number of aliphatic hydroxyl groups is 1. The van der Waals surface area contributed by atoms with Gasteiger partial charge in [-0.1, -0.05) is 0 Å². The van der Waals surface area contributed by atoms with Gasteiger partial charge in [0.1, 0.15) is 17.4 Å². The molecule has 2 N–H and O–H groups in total. The van der Waals surface area contributed by atoms with Crippen LogP contribution in [0.25, 0.3) is 0 Å². The maximum Gasteiger partial charge on any atom is 0.263 e. The second kappa shape index (κ2) is 6.21. The lowest BCUT2D eigenvalue weighted by Crippen LogP contribution is -2.32. The minimum atomic E-state index is -0.774. The van der Waals surface area contributed by atoms with Crippen LogP contribution < -0.4 is 10.9 Å². The van der Waals surface area contributed by atoms with E-state index < -0.39 is 12.0 Å². The van der Waals surface area contributed by atoms with E-state index in [4.69, 9.17) is 4.42 Å². The highest BCUT2D eigenvalue weighted by Gasteiger charge is 2.13. The van der Waals surface area contributed by atoms with Crippen LogP contribution in [0.2, 0.25) is 0 Å². The van der Waals surface area contributed by atoms with Crippen molar-refractivity contribution in [2.45, 2.75) is 12.5 Å². The van der Waals surface area contributed by atoms with Gasteiger partial charge in [0.15, 0.2) is 0 Å². The molecular formula is C14H16N2O4. The minimum Gasteiger partial charge on any atom is -0.467 e. The third-order valence-electron chi connectivity index (χ3n) is 2.94. The first-order chi connectivity index (χ1) is 9.59. The van der Waals surface area contributed by atoms with Crippen molar-refractivity contribution in [3.63, 3.8) is 0 Å². The molecule has 0 saturated heterocycles. The van der Waals surface area contributed by atoms with Crippen LogP contribution in [-0.4, -0.2) is 22.1 Å². The molecule has 1 atom stereocenters. The number of hydrogen-bond acceptors (Lipinski definition) is 4. The average molecular weight is 276 g/mol. The molecule has 0 unspecified atom stereocenters. The summed E-state index contributed by atoms with van der Waals surface area (Å²) in [5, 5.41) is 12.4. The van der Waals surface area contributed by atoms with Gasteiger partial charge in [0.2, 0.25) is 0 Å². The van der Waals surface area contributed by atoms with Gasteiger partial charge in [0.05, 0.1) is 6.26 Å². The molecule has 0 aromatic carbocycles. The van der Waals surface area contributed by atoms with E-state index in [0.29, 0.717) is 12.2 Å². The Bertz CT molecular complexity index is 631. The maximum absolute atomic E-state index is 11.9. The minimum absolute atomic E-state index is 0.0856. The van der Waals surface area contributed by atoms with Crippen LogP contribution in [0, 0.1) is 0 Å². The zero-order valence-electron chi connectivity index (χ0n) is 11.1. The molecular weight excluding hydrogens is 260 g/mol. The van der Waals surface area contributed by atoms with Crippen molar-refractivity contribution < 1.29 is 14.3 Å². The van der Waals surface area contributed by atoms with Crippen molar-refractivity contribution >= 4 is 5.91 Å². The Balaban J connectivity index is 1.90. The Labute approximate surface area is 115 Å². The molecule has 2 aromatic rings. The van der Waals surface area contributed by atoms with Crippen molar-refractivity contribution in [1.82, 2.24) is 9.88 Å². The number of carbonyl (C=O) groups is 1. The number of carbonyl (C=O) groups excluding carboxylic acids is 1. The second-order valence-electron chi connectivity index (χ2n) is 4.41. The normalized spacial score (nSPS) is 12.1. The Morgan fingerprint density at radius 2 is 2.25 bits per heavy atom. The highest BCUT2D eigenvalue weighted by molar-refractivity contribution is 5.93. The molecule has 0 aliphatic heterocycles. The van der Waals surface area contributed by atoms with Gasteiger partial charge >= 0.3 is 0 Å². The lowest BCUT2D eigenvalue weighted by atomic mass is 10.2. The van der Waals surface area contributed by atoms with Gasteiger partial charge in [-0.15, -0.1) is 0 Å². The molecule has 2 heterocycles. The summed E-state index contributed by atoms with van der Waals surface area (Å²) in [5.74, 6) is 0.00715. The van der Waals surface area contributed by atoms with E-state index in [1.807, 2.05) is 0 Å². The molecule has 2 rings (SSSR count). The fraction of sp³-hybridized carbons (Fsp3) is 0.286. The van der Waals surface area contributed by atoms with Gasteiger partial charge in [0, 0.05) is 19.8 Å². The van der Waals surface area contributed by atoms with Crippen molar-refractivity contribution in [3.05, 3.63) is 58.4 Å². The van der Waals surface area contributed by atoms with E-state index in [-0.39, 0.29) is 17.7 Å². The molecule has 2 aromatic heterocycles. The van der Waals surface area contributed by atoms with Crippen LogP contribution in [0.4, 0.5) is 0 Å². The molecule has 0 radical (unpaired) electrons. The molecule has 0 spiro atoms. The van der Waals surface area contributed by atoms with Crippen LogP contribution >= 0.6 is 0 Å². The third-order valence-corrected chi connectivity index (χ3v) is 2.94. The molecule has 1 amide bonds.